The molecule has 0 saturated heterocycles. The average molecular weight is 144 g/mol. The van der Waals surface area contributed by atoms with Crippen LogP contribution in [-0.4, -0.2) is 0 Å². The van der Waals surface area contributed by atoms with Crippen LogP contribution in [-0.2, 0) is 0 Å². The van der Waals surface area contributed by atoms with E-state index < -0.39 is 0 Å². The lowest BCUT2D eigenvalue weighted by atomic mass is 10.1. The van der Waals surface area contributed by atoms with Crippen molar-refractivity contribution in [2.75, 3.05) is 0 Å². The van der Waals surface area contributed by atoms with Crippen LogP contribution in [0.2, 0.25) is 0 Å². The van der Waals surface area contributed by atoms with Gasteiger partial charge >= 0.3 is 0 Å². The van der Waals surface area contributed by atoms with Crippen molar-refractivity contribution in [3.63, 3.8) is 0 Å². The van der Waals surface area contributed by atoms with E-state index in [1.165, 1.54) is 25.7 Å². The number of rotatable bonds is 7. The van der Waals surface area contributed by atoms with E-state index in [4.69, 9.17) is 2.74 Å². The predicted octanol–water partition coefficient (Wildman–Crippen LogP) is 4.15. The second kappa shape index (κ2) is 9.00. The van der Waals surface area contributed by atoms with Crippen LogP contribution in [0.3, 0.4) is 0 Å². The summed E-state index contributed by atoms with van der Waals surface area (Å²) in [4.78, 5) is 0. The maximum atomic E-state index is 7.62. The van der Waals surface area contributed by atoms with Crippen molar-refractivity contribution < 1.29 is 2.74 Å². The first kappa shape index (κ1) is 6.69. The number of hydrogen-bond acceptors (Lipinski definition) is 0. The molecule has 62 valence electrons. The molecule has 0 aromatic heterocycles. The van der Waals surface area contributed by atoms with Gasteiger partial charge in [0.05, 0.1) is 0 Å². The van der Waals surface area contributed by atoms with Gasteiger partial charge in [-0.3, -0.25) is 0 Å². The molecule has 0 spiro atoms. The molecule has 0 fully saturated rings. The highest BCUT2D eigenvalue weighted by molar-refractivity contribution is 4.43. The zero-order valence-electron chi connectivity index (χ0n) is 9.40. The highest BCUT2D eigenvalue weighted by Crippen LogP contribution is 2.07. The molecule has 0 amide bonds. The van der Waals surface area contributed by atoms with Gasteiger partial charge in [-0.1, -0.05) is 65.2 Å². The first-order chi connectivity index (χ1) is 5.66. The molecule has 0 rings (SSSR count). The van der Waals surface area contributed by atoms with E-state index in [-0.39, 0.29) is 12.8 Å². The molecule has 0 heterocycles. The average Bonchev–Trinajstić information content (AvgIpc) is 1.97. The molecule has 0 saturated carbocycles. The smallest absolute Gasteiger partial charge is 0.0267 e. The molecular formula is C10H22. The standard InChI is InChI=1S/C10H22/c1-3-5-7-9-10-8-6-4-2/h3-10H2,1-2H3/i3D,7D. The van der Waals surface area contributed by atoms with Crippen LogP contribution in [0.25, 0.3) is 0 Å². The Bertz CT molecular complexity index is 91.8. The summed E-state index contributed by atoms with van der Waals surface area (Å²) in [5.41, 5.74) is 0. The highest BCUT2D eigenvalue weighted by atomic mass is 13.9. The molecule has 0 N–H and O–H groups in total. The van der Waals surface area contributed by atoms with Gasteiger partial charge in [-0.05, 0) is 0 Å². The molecule has 0 aliphatic rings. The highest BCUT2D eigenvalue weighted by Gasteiger charge is 1.87. The monoisotopic (exact) mass is 144 g/mol. The maximum absolute atomic E-state index is 7.62. The van der Waals surface area contributed by atoms with Crippen molar-refractivity contribution in [1.82, 2.24) is 0 Å². The van der Waals surface area contributed by atoms with Crippen molar-refractivity contribution in [2.45, 2.75) is 65.2 Å². The van der Waals surface area contributed by atoms with Gasteiger partial charge in [-0.15, -0.1) is 0 Å². The molecule has 2 unspecified atom stereocenters. The Morgan fingerprint density at radius 1 is 0.900 bits per heavy atom. The fourth-order valence-corrected chi connectivity index (χ4v) is 1.000. The van der Waals surface area contributed by atoms with Gasteiger partial charge in [-0.2, -0.15) is 0 Å². The zero-order valence-corrected chi connectivity index (χ0v) is 7.40. The van der Waals surface area contributed by atoms with Crippen molar-refractivity contribution >= 4 is 0 Å². The van der Waals surface area contributed by atoms with Gasteiger partial charge in [0.25, 0.3) is 0 Å². The second-order valence-electron chi connectivity index (χ2n) is 2.78. The van der Waals surface area contributed by atoms with Crippen molar-refractivity contribution in [3.05, 3.63) is 0 Å². The fraction of sp³-hybridized carbons (Fsp3) is 1.00. The summed E-state index contributed by atoms with van der Waals surface area (Å²) in [6.07, 6.45) is 6.68. The molecule has 0 radical (unpaired) electrons. The van der Waals surface area contributed by atoms with E-state index in [1.54, 1.807) is 0 Å². The van der Waals surface area contributed by atoms with E-state index in [0.29, 0.717) is 0 Å². The van der Waals surface area contributed by atoms with Crippen LogP contribution in [0, 0.1) is 0 Å². The Morgan fingerprint density at radius 3 is 2.20 bits per heavy atom. The third kappa shape index (κ3) is 8.00. The predicted molar refractivity (Wildman–Crippen MR) is 48.3 cm³/mol. The molecule has 0 bridgehead atoms. The van der Waals surface area contributed by atoms with E-state index in [1.807, 2.05) is 6.92 Å². The van der Waals surface area contributed by atoms with E-state index in [2.05, 4.69) is 6.92 Å². The van der Waals surface area contributed by atoms with Crippen LogP contribution < -0.4 is 0 Å². The Hall–Kier alpha value is 0. The molecule has 0 aromatic carbocycles. The van der Waals surface area contributed by atoms with E-state index in [0.717, 1.165) is 12.8 Å². The largest absolute Gasteiger partial charge is 0.0654 e. The van der Waals surface area contributed by atoms with Gasteiger partial charge in [0.15, 0.2) is 0 Å². The molecule has 0 aromatic rings. The number of unbranched alkanes of at least 4 members (excludes halogenated alkanes) is 3. The SMILES string of the molecule is [2H]C(C)CC([2H])CCCCCC. The molecule has 10 heavy (non-hydrogen) atoms. The summed E-state index contributed by atoms with van der Waals surface area (Å²) in [5, 5.41) is 0. The summed E-state index contributed by atoms with van der Waals surface area (Å²) in [6, 6.07) is 0. The van der Waals surface area contributed by atoms with Crippen molar-refractivity contribution in [3.8, 4) is 0 Å². The molecule has 0 aliphatic carbocycles. The summed E-state index contributed by atoms with van der Waals surface area (Å²) in [5.74, 6) is 0. The lowest BCUT2D eigenvalue weighted by molar-refractivity contribution is 0.585. The van der Waals surface area contributed by atoms with Gasteiger partial charge < -0.3 is 0 Å². The van der Waals surface area contributed by atoms with Crippen LogP contribution in [0.4, 0.5) is 0 Å². The number of hydrogen-bond donors (Lipinski definition) is 0. The van der Waals surface area contributed by atoms with Gasteiger partial charge in [0, 0.05) is 2.74 Å². The molecular weight excluding hydrogens is 120 g/mol. The maximum Gasteiger partial charge on any atom is 0.0267 e. The zero-order chi connectivity index (χ0) is 9.40. The summed E-state index contributed by atoms with van der Waals surface area (Å²) in [7, 11) is 0. The summed E-state index contributed by atoms with van der Waals surface area (Å²) in [6.45, 7) is 4.07. The van der Waals surface area contributed by atoms with Crippen molar-refractivity contribution in [2.24, 2.45) is 0 Å². The Labute approximate surface area is 68.8 Å². The van der Waals surface area contributed by atoms with Crippen LogP contribution in [0.15, 0.2) is 0 Å². The van der Waals surface area contributed by atoms with Crippen LogP contribution in [0.5, 0.6) is 0 Å². The minimum Gasteiger partial charge on any atom is -0.0654 e. The van der Waals surface area contributed by atoms with Gasteiger partial charge in [0.2, 0.25) is 0 Å². The minimum absolute atomic E-state index is 0.00866. The molecule has 2 atom stereocenters. The topological polar surface area (TPSA) is 0 Å². The normalized spacial score (nSPS) is 19.4. The van der Waals surface area contributed by atoms with E-state index >= 15 is 0 Å². The molecule has 0 nitrogen and oxygen atoms in total. The Balaban J connectivity index is 3.14. The quantitative estimate of drug-likeness (QED) is 0.471. The first-order valence-corrected chi connectivity index (χ1v) is 4.51. The lowest BCUT2D eigenvalue weighted by Gasteiger charge is -1.97. The second-order valence-corrected chi connectivity index (χ2v) is 2.78. The van der Waals surface area contributed by atoms with Gasteiger partial charge in [-0.25, -0.2) is 0 Å². The van der Waals surface area contributed by atoms with Gasteiger partial charge in [0.1, 0.15) is 0 Å². The first-order valence-electron chi connectivity index (χ1n) is 5.66. The van der Waals surface area contributed by atoms with Crippen molar-refractivity contribution in [1.29, 1.82) is 0 Å². The third-order valence-electron chi connectivity index (χ3n) is 1.66. The summed E-state index contributed by atoms with van der Waals surface area (Å²) >= 11 is 0. The molecule has 0 aliphatic heterocycles. The van der Waals surface area contributed by atoms with Crippen LogP contribution in [0.1, 0.15) is 67.9 Å². The Kier molecular flexibility index (Phi) is 6.02. The molecule has 0 heteroatoms. The van der Waals surface area contributed by atoms with E-state index in [9.17, 15) is 0 Å². The minimum atomic E-state index is -0.0568. The fourth-order valence-electron chi connectivity index (χ4n) is 1.000. The Morgan fingerprint density at radius 2 is 1.60 bits per heavy atom. The lowest BCUT2D eigenvalue weighted by Crippen LogP contribution is -1.77. The summed E-state index contributed by atoms with van der Waals surface area (Å²) < 4.78 is 14.9. The van der Waals surface area contributed by atoms with Crippen LogP contribution >= 0.6 is 0 Å². The third-order valence-corrected chi connectivity index (χ3v) is 1.66.